The van der Waals surface area contributed by atoms with Crippen molar-refractivity contribution in [1.82, 2.24) is 25.1 Å². The molecule has 1 atom stereocenters. The number of hydrogen-bond donors (Lipinski definition) is 4. The third-order valence-corrected chi connectivity index (χ3v) is 8.34. The van der Waals surface area contributed by atoms with Crippen molar-refractivity contribution in [2.24, 2.45) is 5.92 Å². The summed E-state index contributed by atoms with van der Waals surface area (Å²) in [6.07, 6.45) is 2.58. The number of hydrogen-bond acceptors (Lipinski definition) is 5. The van der Waals surface area contributed by atoms with Crippen LogP contribution in [0.2, 0.25) is 0 Å². The Morgan fingerprint density at radius 2 is 1.85 bits per heavy atom. The highest BCUT2D eigenvalue weighted by molar-refractivity contribution is 7.80. The lowest BCUT2D eigenvalue weighted by atomic mass is 9.90. The number of nitrogens with one attached hydrogen (secondary N) is 3. The van der Waals surface area contributed by atoms with Gasteiger partial charge < -0.3 is 25.1 Å². The summed E-state index contributed by atoms with van der Waals surface area (Å²) < 4.78 is 2.33. The fourth-order valence-corrected chi connectivity index (χ4v) is 6.18. The average molecular weight is 552 g/mol. The number of thiol groups is 1. The van der Waals surface area contributed by atoms with E-state index >= 15 is 0 Å². The molecule has 1 saturated heterocycles. The van der Waals surface area contributed by atoms with Crippen molar-refractivity contribution in [2.75, 3.05) is 31.9 Å². The average Bonchev–Trinajstić information content (AvgIpc) is 3.19. The molecule has 4 rings (SSSR count). The molecule has 0 aliphatic carbocycles. The molecular formula is C30H41N5O3S. The lowest BCUT2D eigenvalue weighted by molar-refractivity contribution is -0.120. The molecule has 0 radical (unpaired) electrons. The Labute approximate surface area is 236 Å². The summed E-state index contributed by atoms with van der Waals surface area (Å²) in [6.45, 7) is 11.7. The molecular weight excluding hydrogens is 510 g/mol. The van der Waals surface area contributed by atoms with E-state index in [0.717, 1.165) is 60.3 Å². The largest absolute Gasteiger partial charge is 0.355 e. The molecule has 0 bridgehead atoms. The van der Waals surface area contributed by atoms with Gasteiger partial charge in [0.15, 0.2) is 0 Å². The number of para-hydroxylation sites is 1. The van der Waals surface area contributed by atoms with Crippen LogP contribution >= 0.6 is 12.6 Å². The highest BCUT2D eigenvalue weighted by Gasteiger charge is 2.29. The minimum Gasteiger partial charge on any atom is -0.355 e. The standard InChI is InChI=1S/C30H41N5O3S/c1-19-17-20(2)33-29(37)25(19)18-32-30(38)28-22(4)35(26-8-6-5-7-24(26)28)21(3)23-9-13-34(14-10-23)15-12-31-27(36)11-16-39/h5-8,17,21,23,39H,9-16,18H2,1-4H3,(H,31,36)(H,32,38)(H,33,37). The molecule has 1 aliphatic heterocycles. The summed E-state index contributed by atoms with van der Waals surface area (Å²) in [5, 5.41) is 6.91. The van der Waals surface area contributed by atoms with Crippen molar-refractivity contribution in [3.63, 3.8) is 0 Å². The van der Waals surface area contributed by atoms with Crippen LogP contribution in [-0.2, 0) is 11.3 Å². The Hall–Kier alpha value is -3.04. The first-order chi connectivity index (χ1) is 18.7. The van der Waals surface area contributed by atoms with Crippen molar-refractivity contribution in [3.8, 4) is 0 Å². The second-order valence-electron chi connectivity index (χ2n) is 10.7. The van der Waals surface area contributed by atoms with Crippen LogP contribution in [-0.4, -0.2) is 58.2 Å². The SMILES string of the molecule is Cc1cc(C)c(CNC(=O)c2c(C)n(C(C)C3CCN(CCNC(=O)CCS)CC3)c3ccccc23)c(=O)[nH]1. The predicted molar refractivity (Wildman–Crippen MR) is 160 cm³/mol. The van der Waals surface area contributed by atoms with Crippen LogP contribution in [0, 0.1) is 26.7 Å². The summed E-state index contributed by atoms with van der Waals surface area (Å²) in [4.78, 5) is 42.9. The number of fused-ring (bicyclic) bond motifs is 1. The van der Waals surface area contributed by atoms with Crippen LogP contribution in [0.4, 0.5) is 0 Å². The third-order valence-electron chi connectivity index (χ3n) is 8.11. The second kappa shape index (κ2) is 12.9. The van der Waals surface area contributed by atoms with Gasteiger partial charge in [-0.3, -0.25) is 14.4 Å². The van der Waals surface area contributed by atoms with Gasteiger partial charge in [0, 0.05) is 60.0 Å². The van der Waals surface area contributed by atoms with Crippen molar-refractivity contribution in [1.29, 1.82) is 0 Å². The van der Waals surface area contributed by atoms with E-state index in [2.05, 4.69) is 50.7 Å². The van der Waals surface area contributed by atoms with E-state index in [1.165, 1.54) is 0 Å². The molecule has 0 spiro atoms. The molecule has 3 heterocycles. The Balaban J connectivity index is 1.46. The number of likely N-dealkylation sites (tertiary alicyclic amines) is 1. The number of carbonyl (C=O) groups is 2. The molecule has 1 aliphatic rings. The molecule has 210 valence electrons. The lowest BCUT2D eigenvalue weighted by Crippen LogP contribution is -2.41. The molecule has 39 heavy (non-hydrogen) atoms. The molecule has 3 N–H and O–H groups in total. The summed E-state index contributed by atoms with van der Waals surface area (Å²) in [7, 11) is 0. The van der Waals surface area contributed by atoms with Crippen LogP contribution in [0.5, 0.6) is 0 Å². The Bertz CT molecular complexity index is 1390. The number of aryl methyl sites for hydroxylation is 2. The maximum Gasteiger partial charge on any atom is 0.254 e. The van der Waals surface area contributed by atoms with E-state index in [9.17, 15) is 14.4 Å². The van der Waals surface area contributed by atoms with Gasteiger partial charge in [-0.2, -0.15) is 12.6 Å². The first-order valence-corrected chi connectivity index (χ1v) is 14.5. The van der Waals surface area contributed by atoms with Gasteiger partial charge >= 0.3 is 0 Å². The monoisotopic (exact) mass is 551 g/mol. The van der Waals surface area contributed by atoms with E-state index in [1.54, 1.807) is 0 Å². The van der Waals surface area contributed by atoms with Crippen LogP contribution in [0.1, 0.15) is 65.1 Å². The number of carbonyl (C=O) groups excluding carboxylic acids is 2. The Morgan fingerprint density at radius 1 is 1.13 bits per heavy atom. The fourth-order valence-electron chi connectivity index (χ4n) is 5.97. The Kier molecular flexibility index (Phi) is 9.56. The lowest BCUT2D eigenvalue weighted by Gasteiger charge is -2.36. The molecule has 9 heteroatoms. The highest BCUT2D eigenvalue weighted by atomic mass is 32.1. The number of rotatable bonds is 10. The number of aromatic amines is 1. The predicted octanol–water partition coefficient (Wildman–Crippen LogP) is 3.89. The smallest absolute Gasteiger partial charge is 0.254 e. The summed E-state index contributed by atoms with van der Waals surface area (Å²) >= 11 is 4.11. The highest BCUT2D eigenvalue weighted by Crippen LogP contribution is 2.35. The van der Waals surface area contributed by atoms with E-state index in [1.807, 2.05) is 45.0 Å². The summed E-state index contributed by atoms with van der Waals surface area (Å²) in [5.74, 6) is 0.949. The van der Waals surface area contributed by atoms with E-state index < -0.39 is 0 Å². The number of piperidine rings is 1. The van der Waals surface area contributed by atoms with Gasteiger partial charge in [-0.1, -0.05) is 18.2 Å². The van der Waals surface area contributed by atoms with Crippen LogP contribution in [0.3, 0.4) is 0 Å². The topological polar surface area (TPSA) is 99.2 Å². The third kappa shape index (κ3) is 6.58. The first-order valence-electron chi connectivity index (χ1n) is 13.9. The molecule has 2 aromatic heterocycles. The molecule has 2 amide bonds. The molecule has 8 nitrogen and oxygen atoms in total. The van der Waals surface area contributed by atoms with Gasteiger partial charge in [-0.15, -0.1) is 0 Å². The van der Waals surface area contributed by atoms with E-state index in [-0.39, 0.29) is 30.0 Å². The molecule has 1 fully saturated rings. The van der Waals surface area contributed by atoms with Crippen LogP contribution in [0.15, 0.2) is 35.1 Å². The maximum absolute atomic E-state index is 13.5. The maximum atomic E-state index is 13.5. The molecule has 0 saturated carbocycles. The second-order valence-corrected chi connectivity index (χ2v) is 11.2. The van der Waals surface area contributed by atoms with Gasteiger partial charge in [0.05, 0.1) is 5.56 Å². The molecule has 1 unspecified atom stereocenters. The van der Waals surface area contributed by atoms with Crippen molar-refractivity contribution >= 4 is 35.3 Å². The number of aromatic nitrogens is 2. The summed E-state index contributed by atoms with van der Waals surface area (Å²) in [5.41, 5.74) is 4.78. The number of benzene rings is 1. The van der Waals surface area contributed by atoms with Gasteiger partial charge in [0.25, 0.3) is 11.5 Å². The van der Waals surface area contributed by atoms with Crippen molar-refractivity contribution in [3.05, 3.63) is 68.8 Å². The zero-order valence-corrected chi connectivity index (χ0v) is 24.4. The van der Waals surface area contributed by atoms with E-state index in [0.29, 0.717) is 35.8 Å². The minimum atomic E-state index is -0.163. The molecule has 3 aromatic rings. The van der Waals surface area contributed by atoms with Crippen molar-refractivity contribution in [2.45, 2.75) is 59.5 Å². The Morgan fingerprint density at radius 3 is 2.54 bits per heavy atom. The quantitative estimate of drug-likeness (QED) is 0.287. The zero-order chi connectivity index (χ0) is 28.1. The number of pyridine rings is 1. The number of H-pyrrole nitrogens is 1. The van der Waals surface area contributed by atoms with Crippen LogP contribution < -0.4 is 16.2 Å². The van der Waals surface area contributed by atoms with Gasteiger partial charge in [0.2, 0.25) is 5.91 Å². The summed E-state index contributed by atoms with van der Waals surface area (Å²) in [6, 6.07) is 10.2. The first kappa shape index (κ1) is 29.0. The zero-order valence-electron chi connectivity index (χ0n) is 23.5. The number of nitrogens with zero attached hydrogens (tertiary/aromatic N) is 2. The van der Waals surface area contributed by atoms with Gasteiger partial charge in [0.1, 0.15) is 0 Å². The molecule has 1 aromatic carbocycles. The van der Waals surface area contributed by atoms with Crippen molar-refractivity contribution < 1.29 is 9.59 Å². The van der Waals surface area contributed by atoms with Gasteiger partial charge in [-0.05, 0) is 83.0 Å². The van der Waals surface area contributed by atoms with Gasteiger partial charge in [-0.25, -0.2) is 0 Å². The fraction of sp³-hybridized carbons (Fsp3) is 0.500. The number of amides is 2. The normalized spacial score (nSPS) is 15.4. The minimum absolute atomic E-state index is 0.0594. The van der Waals surface area contributed by atoms with E-state index in [4.69, 9.17) is 0 Å². The van der Waals surface area contributed by atoms with Crippen LogP contribution in [0.25, 0.3) is 10.9 Å².